The van der Waals surface area contributed by atoms with Gasteiger partial charge in [-0.2, -0.15) is 0 Å². The maximum Gasteiger partial charge on any atom is 0.412 e. The van der Waals surface area contributed by atoms with Crippen LogP contribution in [0.3, 0.4) is 0 Å². The van der Waals surface area contributed by atoms with Crippen molar-refractivity contribution in [2.45, 2.75) is 32.9 Å². The molecule has 0 unspecified atom stereocenters. The lowest BCUT2D eigenvalue weighted by molar-refractivity contribution is 0.0635. The van der Waals surface area contributed by atoms with E-state index in [0.29, 0.717) is 22.5 Å². The van der Waals surface area contributed by atoms with Gasteiger partial charge in [-0.1, -0.05) is 48.5 Å². The van der Waals surface area contributed by atoms with Gasteiger partial charge >= 0.3 is 12.2 Å². The Kier molecular flexibility index (Phi) is 6.79. The molecule has 3 N–H and O–H groups in total. The highest BCUT2D eigenvalue weighted by molar-refractivity contribution is 6.07. The van der Waals surface area contributed by atoms with Crippen molar-refractivity contribution in [2.75, 3.05) is 17.7 Å². The number of nitrogens with one attached hydrogen (secondary N) is 3. The average Bonchev–Trinajstić information content (AvgIpc) is 2.82. The van der Waals surface area contributed by atoms with E-state index in [0.717, 1.165) is 11.1 Å². The first kappa shape index (κ1) is 21.2. The van der Waals surface area contributed by atoms with Gasteiger partial charge in [0.05, 0.1) is 22.5 Å². The quantitative estimate of drug-likeness (QED) is 0.415. The third kappa shape index (κ3) is 7.60. The molecule has 0 aliphatic heterocycles. The number of methoxy groups -OCH3 is 1. The molecule has 3 amide bonds. The Labute approximate surface area is 208 Å². The Balaban J connectivity index is 1.76. The van der Waals surface area contributed by atoms with Crippen molar-refractivity contribution in [3.05, 3.63) is 83.9 Å². The normalized spacial score (nSPS) is 12.4. The summed E-state index contributed by atoms with van der Waals surface area (Å²) in [7, 11) is -2.83. The van der Waals surface area contributed by atoms with E-state index in [-0.39, 0.29) is 6.54 Å². The van der Waals surface area contributed by atoms with E-state index in [2.05, 4.69) is 20.7 Å². The minimum absolute atomic E-state index is 0.0138. The number of alkyl carbamates (subject to hydrolysis) is 1. The van der Waals surface area contributed by atoms with Gasteiger partial charge in [0.15, 0.2) is 0 Å². The third-order valence-corrected chi connectivity index (χ3v) is 4.76. The molecular formula is C27H29N3O5. The number of hydrogen-bond donors (Lipinski definition) is 3. The highest BCUT2D eigenvalue weighted by atomic mass is 16.6. The van der Waals surface area contributed by atoms with Crippen LogP contribution in [0.2, 0.25) is 0 Å². The number of amides is 3. The lowest BCUT2D eigenvalue weighted by atomic mass is 10.0. The SMILES string of the molecule is [2H]C([2H])([2H])OC(=O)NCc1ccc(C(=O)Nc2cc(-c3ccccc3)ccc2NC(=O)OC(C)(C)C)cc1. The summed E-state index contributed by atoms with van der Waals surface area (Å²) in [6, 6.07) is 21.2. The number of anilines is 2. The number of carbonyl (C=O) groups excluding carboxylic acids is 3. The second-order valence-electron chi connectivity index (χ2n) is 8.65. The molecule has 0 atom stereocenters. The largest absolute Gasteiger partial charge is 0.453 e. The zero-order valence-corrected chi connectivity index (χ0v) is 19.7. The molecule has 8 heteroatoms. The molecule has 0 saturated carbocycles. The zero-order valence-electron chi connectivity index (χ0n) is 22.7. The van der Waals surface area contributed by atoms with E-state index in [4.69, 9.17) is 8.85 Å². The van der Waals surface area contributed by atoms with E-state index in [1.54, 1.807) is 57.2 Å². The predicted molar refractivity (Wildman–Crippen MR) is 135 cm³/mol. The van der Waals surface area contributed by atoms with Gasteiger partial charge in [-0.3, -0.25) is 10.1 Å². The molecule has 3 aromatic rings. The van der Waals surface area contributed by atoms with Crippen molar-refractivity contribution in [1.82, 2.24) is 5.32 Å². The number of carbonyl (C=O) groups is 3. The molecule has 0 aliphatic rings. The number of benzene rings is 3. The van der Waals surface area contributed by atoms with E-state index >= 15 is 0 Å². The highest BCUT2D eigenvalue weighted by Gasteiger charge is 2.18. The molecule has 0 heterocycles. The Bertz CT molecular complexity index is 1290. The summed E-state index contributed by atoms with van der Waals surface area (Å²) in [5.41, 5.74) is 2.76. The zero-order chi connectivity index (χ0) is 27.9. The first-order valence-corrected chi connectivity index (χ1v) is 10.9. The lowest BCUT2D eigenvalue weighted by Gasteiger charge is -2.21. The van der Waals surface area contributed by atoms with Gasteiger partial charge in [-0.25, -0.2) is 9.59 Å². The summed E-state index contributed by atoms with van der Waals surface area (Å²) in [6.45, 7) is 5.27. The minimum atomic E-state index is -2.83. The van der Waals surface area contributed by atoms with Crippen LogP contribution < -0.4 is 16.0 Å². The van der Waals surface area contributed by atoms with Crippen LogP contribution in [0.15, 0.2) is 72.8 Å². The molecular weight excluding hydrogens is 446 g/mol. The van der Waals surface area contributed by atoms with Crippen molar-refractivity contribution in [2.24, 2.45) is 0 Å². The maximum absolute atomic E-state index is 13.1. The third-order valence-electron chi connectivity index (χ3n) is 4.76. The van der Waals surface area contributed by atoms with Crippen LogP contribution in [0.25, 0.3) is 11.1 Å². The molecule has 0 saturated heterocycles. The molecule has 182 valence electrons. The van der Waals surface area contributed by atoms with Crippen molar-refractivity contribution in [3.63, 3.8) is 0 Å². The fourth-order valence-electron chi connectivity index (χ4n) is 3.16. The Morgan fingerprint density at radius 3 is 2.20 bits per heavy atom. The number of hydrogen-bond acceptors (Lipinski definition) is 5. The summed E-state index contributed by atoms with van der Waals surface area (Å²) in [6.07, 6.45) is -1.73. The van der Waals surface area contributed by atoms with Crippen LogP contribution in [0, 0.1) is 0 Å². The van der Waals surface area contributed by atoms with Gasteiger partial charge in [0.25, 0.3) is 5.91 Å². The van der Waals surface area contributed by atoms with Crippen molar-refractivity contribution < 1.29 is 28.0 Å². The summed E-state index contributed by atoms with van der Waals surface area (Å²) in [5, 5.41) is 7.86. The summed E-state index contributed by atoms with van der Waals surface area (Å²) in [4.78, 5) is 37.0. The van der Waals surface area contributed by atoms with Gasteiger partial charge in [-0.15, -0.1) is 0 Å². The molecule has 0 radical (unpaired) electrons. The van der Waals surface area contributed by atoms with Crippen LogP contribution in [0.1, 0.15) is 40.8 Å². The fraction of sp³-hybridized carbons (Fsp3) is 0.222. The molecule has 0 bridgehead atoms. The van der Waals surface area contributed by atoms with Crippen molar-refractivity contribution >= 4 is 29.5 Å². The van der Waals surface area contributed by atoms with Gasteiger partial charge in [0.2, 0.25) is 0 Å². The smallest absolute Gasteiger partial charge is 0.412 e. The number of rotatable bonds is 6. The van der Waals surface area contributed by atoms with Crippen LogP contribution in [0.4, 0.5) is 21.0 Å². The predicted octanol–water partition coefficient (Wildman–Crippen LogP) is 5.81. The second kappa shape index (κ2) is 11.2. The van der Waals surface area contributed by atoms with Gasteiger partial charge in [0.1, 0.15) is 5.60 Å². The van der Waals surface area contributed by atoms with Gasteiger partial charge < -0.3 is 20.1 Å². The molecule has 0 fully saturated rings. The first-order chi connectivity index (χ1) is 17.8. The van der Waals surface area contributed by atoms with Crippen molar-refractivity contribution in [3.8, 4) is 11.1 Å². The Morgan fingerprint density at radius 1 is 0.829 bits per heavy atom. The van der Waals surface area contributed by atoms with Crippen LogP contribution in [-0.2, 0) is 16.0 Å². The minimum Gasteiger partial charge on any atom is -0.453 e. The Morgan fingerprint density at radius 2 is 1.54 bits per heavy atom. The highest BCUT2D eigenvalue weighted by Crippen LogP contribution is 2.30. The van der Waals surface area contributed by atoms with Crippen molar-refractivity contribution in [1.29, 1.82) is 0 Å². The lowest BCUT2D eigenvalue weighted by Crippen LogP contribution is -2.27. The van der Waals surface area contributed by atoms with Crippen LogP contribution >= 0.6 is 0 Å². The van der Waals surface area contributed by atoms with E-state index in [9.17, 15) is 14.4 Å². The monoisotopic (exact) mass is 478 g/mol. The first-order valence-electron chi connectivity index (χ1n) is 12.4. The van der Waals surface area contributed by atoms with E-state index in [1.165, 1.54) is 0 Å². The second-order valence-corrected chi connectivity index (χ2v) is 8.65. The standard InChI is InChI=1S/C27H29N3O5/c1-27(2,3)35-26(33)30-22-15-14-21(19-8-6-5-7-9-19)16-23(22)29-24(31)20-12-10-18(11-13-20)17-28-25(32)34-4/h5-16H,17H2,1-4H3,(H,28,32)(H,29,31)(H,30,33)/i4D3. The van der Waals surface area contributed by atoms with Crippen LogP contribution in [-0.4, -0.2) is 30.7 Å². The summed E-state index contributed by atoms with van der Waals surface area (Å²) < 4.78 is 30.4. The van der Waals surface area contributed by atoms with E-state index in [1.807, 2.05) is 36.4 Å². The van der Waals surface area contributed by atoms with Gasteiger partial charge in [0, 0.05) is 12.1 Å². The van der Waals surface area contributed by atoms with E-state index < -0.39 is 30.7 Å². The average molecular weight is 479 g/mol. The molecule has 0 aromatic heterocycles. The molecule has 3 rings (SSSR count). The van der Waals surface area contributed by atoms with Gasteiger partial charge in [-0.05, 0) is 61.7 Å². The van der Waals surface area contributed by atoms with Crippen LogP contribution in [0.5, 0.6) is 0 Å². The summed E-state index contributed by atoms with van der Waals surface area (Å²) >= 11 is 0. The fourth-order valence-corrected chi connectivity index (χ4v) is 3.16. The molecule has 3 aromatic carbocycles. The Hall–Kier alpha value is -4.33. The molecule has 0 spiro atoms. The molecule has 0 aliphatic carbocycles. The molecule has 8 nitrogen and oxygen atoms in total. The number of ether oxygens (including phenoxy) is 2. The molecule has 35 heavy (non-hydrogen) atoms. The topological polar surface area (TPSA) is 106 Å². The summed E-state index contributed by atoms with van der Waals surface area (Å²) in [5.74, 6) is -0.427. The maximum atomic E-state index is 13.1.